The number of carbonyl (C=O) groups excluding carboxylic acids is 1. The fraction of sp³-hybridized carbons (Fsp3) is 0.304. The van der Waals surface area contributed by atoms with Crippen molar-refractivity contribution in [2.75, 3.05) is 44.2 Å². The van der Waals surface area contributed by atoms with Crippen molar-refractivity contribution < 1.29 is 19.0 Å². The van der Waals surface area contributed by atoms with Crippen LogP contribution in [-0.2, 0) is 4.79 Å². The molecular formula is C23H26N2O4S2. The van der Waals surface area contributed by atoms with Crippen molar-refractivity contribution in [3.63, 3.8) is 0 Å². The van der Waals surface area contributed by atoms with E-state index in [1.54, 1.807) is 44.4 Å². The van der Waals surface area contributed by atoms with Crippen LogP contribution in [0.3, 0.4) is 0 Å². The third-order valence-electron chi connectivity index (χ3n) is 5.02. The lowest BCUT2D eigenvalue weighted by Crippen LogP contribution is -2.27. The molecule has 1 aliphatic rings. The molecular weight excluding hydrogens is 432 g/mol. The highest BCUT2D eigenvalue weighted by molar-refractivity contribution is 8.27. The van der Waals surface area contributed by atoms with E-state index in [1.807, 2.05) is 24.3 Å². The summed E-state index contributed by atoms with van der Waals surface area (Å²) in [6.45, 7) is 6.09. The maximum Gasteiger partial charge on any atom is 0.270 e. The Kier molecular flexibility index (Phi) is 7.46. The van der Waals surface area contributed by atoms with Gasteiger partial charge in [-0.2, -0.15) is 0 Å². The number of methoxy groups -OCH3 is 3. The highest BCUT2D eigenvalue weighted by Gasteiger charge is 2.33. The van der Waals surface area contributed by atoms with Crippen LogP contribution in [0.1, 0.15) is 19.4 Å². The van der Waals surface area contributed by atoms with E-state index in [9.17, 15) is 4.79 Å². The molecule has 0 N–H and O–H groups in total. The van der Waals surface area contributed by atoms with E-state index in [0.29, 0.717) is 26.5 Å². The molecule has 0 unspecified atom stereocenters. The van der Waals surface area contributed by atoms with Crippen LogP contribution in [0, 0.1) is 0 Å². The van der Waals surface area contributed by atoms with E-state index < -0.39 is 0 Å². The third kappa shape index (κ3) is 4.65. The number of nitrogens with zero attached hydrogens (tertiary/aromatic N) is 2. The number of hydrogen-bond acceptors (Lipinski definition) is 7. The molecule has 0 saturated carbocycles. The van der Waals surface area contributed by atoms with Crippen molar-refractivity contribution in [2.45, 2.75) is 13.8 Å². The molecule has 0 aliphatic carbocycles. The average Bonchev–Trinajstić information content (AvgIpc) is 3.07. The Hall–Kier alpha value is -2.71. The summed E-state index contributed by atoms with van der Waals surface area (Å²) in [6.07, 6.45) is 1.79. The maximum absolute atomic E-state index is 13.1. The molecule has 0 spiro atoms. The maximum atomic E-state index is 13.1. The molecule has 2 aromatic carbocycles. The molecule has 1 fully saturated rings. The molecule has 1 aliphatic heterocycles. The number of ether oxygens (including phenoxy) is 3. The molecule has 3 rings (SSSR count). The van der Waals surface area contributed by atoms with Crippen molar-refractivity contribution >= 4 is 51.7 Å². The number of hydrogen-bond donors (Lipinski definition) is 0. The largest absolute Gasteiger partial charge is 0.493 e. The summed E-state index contributed by atoms with van der Waals surface area (Å²) < 4.78 is 16.7. The van der Waals surface area contributed by atoms with Gasteiger partial charge in [0.25, 0.3) is 5.91 Å². The predicted octanol–water partition coefficient (Wildman–Crippen LogP) is 4.96. The van der Waals surface area contributed by atoms with Gasteiger partial charge in [-0.05, 0) is 61.9 Å². The van der Waals surface area contributed by atoms with E-state index in [0.717, 1.165) is 30.0 Å². The number of amides is 1. The smallest absolute Gasteiger partial charge is 0.270 e. The molecule has 1 amide bonds. The van der Waals surface area contributed by atoms with Crippen molar-refractivity contribution in [2.24, 2.45) is 0 Å². The fourth-order valence-corrected chi connectivity index (χ4v) is 4.73. The van der Waals surface area contributed by atoms with Crippen molar-refractivity contribution in [1.82, 2.24) is 0 Å². The first kappa shape index (κ1) is 23.0. The molecule has 0 radical (unpaired) electrons. The highest BCUT2D eigenvalue weighted by Crippen LogP contribution is 2.41. The number of benzene rings is 2. The van der Waals surface area contributed by atoms with E-state index in [-0.39, 0.29) is 5.91 Å². The molecule has 1 saturated heterocycles. The molecule has 8 heteroatoms. The van der Waals surface area contributed by atoms with Gasteiger partial charge in [-0.15, -0.1) is 0 Å². The lowest BCUT2D eigenvalue weighted by Gasteiger charge is -2.22. The van der Waals surface area contributed by atoms with Crippen molar-refractivity contribution in [3.05, 3.63) is 46.9 Å². The zero-order valence-electron chi connectivity index (χ0n) is 18.3. The molecule has 0 aromatic heterocycles. The van der Waals surface area contributed by atoms with Crippen LogP contribution in [-0.4, -0.2) is 44.6 Å². The van der Waals surface area contributed by atoms with Gasteiger partial charge in [0.05, 0.1) is 31.9 Å². The molecule has 1 heterocycles. The Morgan fingerprint density at radius 1 is 1.00 bits per heavy atom. The van der Waals surface area contributed by atoms with Crippen LogP contribution < -0.4 is 24.0 Å². The number of carbonyl (C=O) groups is 1. The molecule has 31 heavy (non-hydrogen) atoms. The van der Waals surface area contributed by atoms with Crippen LogP contribution in [0.4, 0.5) is 11.4 Å². The normalized spacial score (nSPS) is 14.9. The van der Waals surface area contributed by atoms with Crippen LogP contribution in [0.2, 0.25) is 0 Å². The summed E-state index contributed by atoms with van der Waals surface area (Å²) in [5.74, 6) is 1.40. The number of rotatable bonds is 8. The first-order chi connectivity index (χ1) is 15.0. The van der Waals surface area contributed by atoms with Crippen LogP contribution in [0.25, 0.3) is 6.08 Å². The number of thioether (sulfide) groups is 1. The van der Waals surface area contributed by atoms with Crippen LogP contribution in [0.15, 0.2) is 41.3 Å². The zero-order valence-corrected chi connectivity index (χ0v) is 19.9. The summed E-state index contributed by atoms with van der Waals surface area (Å²) in [5.41, 5.74) is 2.63. The van der Waals surface area contributed by atoms with Crippen LogP contribution in [0.5, 0.6) is 17.2 Å². The van der Waals surface area contributed by atoms with E-state index in [1.165, 1.54) is 11.8 Å². The second kappa shape index (κ2) is 10.1. The second-order valence-corrected chi connectivity index (χ2v) is 8.34. The lowest BCUT2D eigenvalue weighted by molar-refractivity contribution is -0.113. The van der Waals surface area contributed by atoms with Gasteiger partial charge in [0, 0.05) is 18.8 Å². The van der Waals surface area contributed by atoms with Gasteiger partial charge < -0.3 is 19.1 Å². The Balaban J connectivity index is 1.90. The summed E-state index contributed by atoms with van der Waals surface area (Å²) in [6, 6.07) is 11.5. The van der Waals surface area contributed by atoms with E-state index in [2.05, 4.69) is 18.7 Å². The molecule has 0 atom stereocenters. The van der Waals surface area contributed by atoms with E-state index in [4.69, 9.17) is 26.4 Å². The van der Waals surface area contributed by atoms with Crippen molar-refractivity contribution in [3.8, 4) is 17.2 Å². The summed E-state index contributed by atoms with van der Waals surface area (Å²) >= 11 is 6.78. The van der Waals surface area contributed by atoms with Gasteiger partial charge in [-0.25, -0.2) is 0 Å². The minimum absolute atomic E-state index is 0.153. The van der Waals surface area contributed by atoms with E-state index >= 15 is 0 Å². The molecule has 6 nitrogen and oxygen atoms in total. The van der Waals surface area contributed by atoms with Gasteiger partial charge in [0.15, 0.2) is 15.8 Å². The van der Waals surface area contributed by atoms with Gasteiger partial charge in [-0.1, -0.05) is 24.0 Å². The third-order valence-corrected chi connectivity index (χ3v) is 6.32. The molecule has 2 aromatic rings. The van der Waals surface area contributed by atoms with Gasteiger partial charge in [0.2, 0.25) is 5.75 Å². The Bertz CT molecular complexity index is 976. The van der Waals surface area contributed by atoms with Gasteiger partial charge >= 0.3 is 0 Å². The Morgan fingerprint density at radius 2 is 1.58 bits per heavy atom. The minimum atomic E-state index is -0.153. The summed E-state index contributed by atoms with van der Waals surface area (Å²) in [5, 5.41) is 0. The standard InChI is InChI=1S/C23H26N2O4S2/c1-6-24(7-2)16-8-10-17(11-9-16)25-22(26)20(31-23(25)30)14-15-12-18(27-3)21(29-5)19(13-15)28-4/h8-14H,6-7H2,1-5H3. The number of anilines is 2. The van der Waals surface area contributed by atoms with Crippen molar-refractivity contribution in [1.29, 1.82) is 0 Å². The highest BCUT2D eigenvalue weighted by atomic mass is 32.2. The first-order valence-electron chi connectivity index (χ1n) is 9.90. The predicted molar refractivity (Wildman–Crippen MR) is 132 cm³/mol. The average molecular weight is 459 g/mol. The zero-order chi connectivity index (χ0) is 22.5. The monoisotopic (exact) mass is 458 g/mol. The first-order valence-corrected chi connectivity index (χ1v) is 11.1. The topological polar surface area (TPSA) is 51.2 Å². The fourth-order valence-electron chi connectivity index (χ4n) is 3.43. The number of thiocarbonyl (C=S) groups is 1. The quantitative estimate of drug-likeness (QED) is 0.409. The van der Waals surface area contributed by atoms with Gasteiger partial charge in [0.1, 0.15) is 0 Å². The Labute approximate surface area is 192 Å². The van der Waals surface area contributed by atoms with Gasteiger partial charge in [-0.3, -0.25) is 9.69 Å². The van der Waals surface area contributed by atoms with Crippen LogP contribution >= 0.6 is 24.0 Å². The minimum Gasteiger partial charge on any atom is -0.493 e. The SMILES string of the molecule is CCN(CC)c1ccc(N2C(=O)C(=Cc3cc(OC)c(OC)c(OC)c3)SC2=S)cc1. The second-order valence-electron chi connectivity index (χ2n) is 6.66. The molecule has 0 bridgehead atoms. The summed E-state index contributed by atoms with van der Waals surface area (Å²) in [7, 11) is 4.67. The lowest BCUT2D eigenvalue weighted by atomic mass is 10.1. The molecule has 164 valence electrons. The Morgan fingerprint density at radius 3 is 2.06 bits per heavy atom. The summed E-state index contributed by atoms with van der Waals surface area (Å²) in [4.78, 5) is 17.5.